The maximum absolute atomic E-state index is 13.5. The Morgan fingerprint density at radius 1 is 1.03 bits per heavy atom. The van der Waals surface area contributed by atoms with Gasteiger partial charge in [0.2, 0.25) is 5.91 Å². The van der Waals surface area contributed by atoms with Crippen molar-refractivity contribution in [2.45, 2.75) is 19.0 Å². The number of amides is 1. The van der Waals surface area contributed by atoms with E-state index in [9.17, 15) is 4.79 Å². The van der Waals surface area contributed by atoms with Gasteiger partial charge in [-0.1, -0.05) is 48.5 Å². The number of ether oxygens (including phenoxy) is 1. The van der Waals surface area contributed by atoms with Crippen molar-refractivity contribution in [3.05, 3.63) is 89.4 Å². The number of thiazole rings is 1. The number of hydrogen-bond acceptors (Lipinski definition) is 5. The van der Waals surface area contributed by atoms with Gasteiger partial charge in [-0.25, -0.2) is 4.98 Å². The minimum atomic E-state index is -0.477. The molecule has 2 atom stereocenters. The Morgan fingerprint density at radius 3 is 2.52 bits per heavy atom. The second-order valence-electron chi connectivity index (χ2n) is 7.40. The van der Waals surface area contributed by atoms with Crippen molar-refractivity contribution >= 4 is 33.1 Å². The number of nitrogens with one attached hydrogen (secondary N) is 1. The zero-order valence-electron chi connectivity index (χ0n) is 17.8. The molecule has 1 heterocycles. The highest BCUT2D eigenvalue weighted by molar-refractivity contribution is 7.18. The van der Waals surface area contributed by atoms with Gasteiger partial charge in [0.1, 0.15) is 16.8 Å². The molecule has 1 aromatic heterocycles. The van der Waals surface area contributed by atoms with Gasteiger partial charge in [-0.05, 0) is 43.8 Å². The highest BCUT2D eigenvalue weighted by Crippen LogP contribution is 2.34. The van der Waals surface area contributed by atoms with Gasteiger partial charge in [-0.2, -0.15) is 0 Å². The largest absolute Gasteiger partial charge is 0.497 e. The van der Waals surface area contributed by atoms with Crippen LogP contribution in [0.1, 0.15) is 29.6 Å². The molecule has 0 saturated carbocycles. The Bertz CT molecular complexity index is 1140. The number of methoxy groups -OCH3 is 1. The van der Waals surface area contributed by atoms with Gasteiger partial charge in [0.05, 0.1) is 23.4 Å². The molecule has 4 rings (SSSR count). The van der Waals surface area contributed by atoms with Crippen LogP contribution in [0, 0.1) is 0 Å². The van der Waals surface area contributed by atoms with Crippen LogP contribution in [0.4, 0.5) is 5.69 Å². The number of para-hydroxylation sites is 1. The lowest BCUT2D eigenvalue weighted by atomic mass is 10.0. The molecule has 158 valence electrons. The quantitative estimate of drug-likeness (QED) is 0.409. The van der Waals surface area contributed by atoms with E-state index in [4.69, 9.17) is 9.72 Å². The van der Waals surface area contributed by atoms with Gasteiger partial charge in [-0.15, -0.1) is 11.3 Å². The number of rotatable bonds is 7. The third-order valence-corrected chi connectivity index (χ3v) is 6.59. The van der Waals surface area contributed by atoms with Gasteiger partial charge in [0.25, 0.3) is 0 Å². The maximum atomic E-state index is 13.5. The van der Waals surface area contributed by atoms with Crippen molar-refractivity contribution in [3.8, 4) is 5.75 Å². The van der Waals surface area contributed by atoms with E-state index in [0.29, 0.717) is 11.4 Å². The van der Waals surface area contributed by atoms with Crippen molar-refractivity contribution in [3.63, 3.8) is 0 Å². The molecule has 31 heavy (non-hydrogen) atoms. The number of benzene rings is 3. The molecule has 5 nitrogen and oxygen atoms in total. The molecule has 0 spiro atoms. The molecule has 0 aliphatic carbocycles. The second kappa shape index (κ2) is 9.29. The minimum Gasteiger partial charge on any atom is -0.497 e. The van der Waals surface area contributed by atoms with Gasteiger partial charge < -0.3 is 10.1 Å². The fourth-order valence-corrected chi connectivity index (χ4v) is 4.66. The summed E-state index contributed by atoms with van der Waals surface area (Å²) in [5.74, 6) is 0.597. The van der Waals surface area contributed by atoms with E-state index in [1.54, 1.807) is 18.4 Å². The van der Waals surface area contributed by atoms with Gasteiger partial charge in [-0.3, -0.25) is 9.69 Å². The highest BCUT2D eigenvalue weighted by Gasteiger charge is 2.30. The van der Waals surface area contributed by atoms with Crippen molar-refractivity contribution < 1.29 is 9.53 Å². The topological polar surface area (TPSA) is 54.5 Å². The number of hydrogen-bond donors (Lipinski definition) is 1. The van der Waals surface area contributed by atoms with Gasteiger partial charge in [0, 0.05) is 11.8 Å². The lowest BCUT2D eigenvalue weighted by Crippen LogP contribution is -2.36. The summed E-state index contributed by atoms with van der Waals surface area (Å²) < 4.78 is 6.43. The van der Waals surface area contributed by atoms with Crippen LogP contribution in [0.15, 0.2) is 78.9 Å². The molecule has 4 aromatic rings. The molecule has 1 N–H and O–H groups in total. The first-order valence-electron chi connectivity index (χ1n) is 10.1. The number of carbonyl (C=O) groups excluding carboxylic acids is 1. The van der Waals surface area contributed by atoms with Gasteiger partial charge in [0.15, 0.2) is 0 Å². The Kier molecular flexibility index (Phi) is 6.30. The highest BCUT2D eigenvalue weighted by atomic mass is 32.1. The Labute approximate surface area is 186 Å². The Hall–Kier alpha value is -3.22. The van der Waals surface area contributed by atoms with E-state index in [1.807, 2.05) is 79.8 Å². The summed E-state index contributed by atoms with van der Waals surface area (Å²) in [4.78, 5) is 20.3. The Balaban J connectivity index is 1.64. The Morgan fingerprint density at radius 2 is 1.77 bits per heavy atom. The molecule has 0 fully saturated rings. The predicted molar refractivity (Wildman–Crippen MR) is 127 cm³/mol. The lowest BCUT2D eigenvalue weighted by molar-refractivity contribution is -0.121. The smallest absolute Gasteiger partial charge is 0.246 e. The van der Waals surface area contributed by atoms with E-state index in [0.717, 1.165) is 20.8 Å². The van der Waals surface area contributed by atoms with Crippen molar-refractivity contribution in [1.29, 1.82) is 0 Å². The van der Waals surface area contributed by atoms with Crippen LogP contribution in [-0.4, -0.2) is 29.9 Å². The first-order valence-corrected chi connectivity index (χ1v) is 11.0. The van der Waals surface area contributed by atoms with Crippen molar-refractivity contribution in [2.75, 3.05) is 19.5 Å². The third kappa shape index (κ3) is 4.60. The molecule has 0 aliphatic rings. The minimum absolute atomic E-state index is 0.0429. The SMILES string of the molecule is COc1cccc(NC(=O)[C@@H](c2ccccc2)N(C)[C@@H](C)c2nc3ccccc3s2)c1. The van der Waals surface area contributed by atoms with Crippen LogP contribution < -0.4 is 10.1 Å². The van der Waals surface area contributed by atoms with Crippen LogP contribution in [0.3, 0.4) is 0 Å². The fraction of sp³-hybridized carbons (Fsp3) is 0.200. The van der Waals surface area contributed by atoms with Gasteiger partial charge >= 0.3 is 0 Å². The van der Waals surface area contributed by atoms with E-state index in [-0.39, 0.29) is 11.9 Å². The second-order valence-corrected chi connectivity index (χ2v) is 8.46. The normalized spacial score (nSPS) is 13.2. The van der Waals surface area contributed by atoms with Crippen LogP contribution in [0.25, 0.3) is 10.2 Å². The molecule has 0 bridgehead atoms. The zero-order valence-corrected chi connectivity index (χ0v) is 18.6. The molecular formula is C25H25N3O2S. The standard InChI is InChI=1S/C25H25N3O2S/c1-17(25-27-21-14-7-8-15-22(21)31-25)28(2)23(18-10-5-4-6-11-18)24(29)26-19-12-9-13-20(16-19)30-3/h4-17,23H,1-3H3,(H,26,29)/t17-,23+/m0/s1. The molecule has 0 saturated heterocycles. The van der Waals surface area contributed by atoms with Crippen LogP contribution in [0.2, 0.25) is 0 Å². The summed E-state index contributed by atoms with van der Waals surface area (Å²) in [7, 11) is 3.58. The number of fused-ring (bicyclic) bond motifs is 1. The van der Waals surface area contributed by atoms with Crippen LogP contribution >= 0.6 is 11.3 Å². The zero-order chi connectivity index (χ0) is 21.8. The molecule has 0 aliphatic heterocycles. The molecule has 6 heteroatoms. The summed E-state index contributed by atoms with van der Waals surface area (Å²) in [5.41, 5.74) is 2.62. The third-order valence-electron chi connectivity index (χ3n) is 5.39. The molecule has 0 unspecified atom stereocenters. The fourth-order valence-electron chi connectivity index (χ4n) is 3.58. The van der Waals surface area contributed by atoms with E-state index < -0.39 is 6.04 Å². The molecule has 1 amide bonds. The molecule has 0 radical (unpaired) electrons. The monoisotopic (exact) mass is 431 g/mol. The van der Waals surface area contributed by atoms with Crippen LogP contribution in [-0.2, 0) is 4.79 Å². The van der Waals surface area contributed by atoms with E-state index in [2.05, 4.69) is 23.2 Å². The summed E-state index contributed by atoms with van der Waals surface area (Å²) >= 11 is 1.67. The van der Waals surface area contributed by atoms with Crippen molar-refractivity contribution in [2.24, 2.45) is 0 Å². The van der Waals surface area contributed by atoms with Crippen LogP contribution in [0.5, 0.6) is 5.75 Å². The maximum Gasteiger partial charge on any atom is 0.246 e. The number of aromatic nitrogens is 1. The number of anilines is 1. The summed E-state index contributed by atoms with van der Waals surface area (Å²) in [6.45, 7) is 2.09. The average molecular weight is 432 g/mol. The first kappa shape index (κ1) is 21.0. The summed E-state index contributed by atoms with van der Waals surface area (Å²) in [5, 5.41) is 4.04. The van der Waals surface area contributed by atoms with E-state index >= 15 is 0 Å². The number of carbonyl (C=O) groups is 1. The summed E-state index contributed by atoms with van der Waals surface area (Å²) in [6.07, 6.45) is 0. The van der Waals surface area contributed by atoms with E-state index in [1.165, 1.54) is 0 Å². The van der Waals surface area contributed by atoms with Crippen molar-refractivity contribution in [1.82, 2.24) is 9.88 Å². The lowest BCUT2D eigenvalue weighted by Gasteiger charge is -2.31. The molecule has 3 aromatic carbocycles. The first-order chi connectivity index (χ1) is 15.1. The predicted octanol–water partition coefficient (Wildman–Crippen LogP) is 5.68. The summed E-state index contributed by atoms with van der Waals surface area (Å²) in [6, 6.07) is 24.8. The number of nitrogens with zero attached hydrogens (tertiary/aromatic N) is 2. The number of likely N-dealkylation sites (N-methyl/N-ethyl adjacent to an activating group) is 1. The average Bonchev–Trinajstić information content (AvgIpc) is 3.24. The molecular weight excluding hydrogens is 406 g/mol.